The van der Waals surface area contributed by atoms with Crippen LogP contribution in [0.2, 0.25) is 0 Å². The van der Waals surface area contributed by atoms with Gasteiger partial charge in [-0.05, 0) is 44.9 Å². The Bertz CT molecular complexity index is 562. The van der Waals surface area contributed by atoms with Crippen molar-refractivity contribution >= 4 is 5.82 Å². The lowest BCUT2D eigenvalue weighted by atomic mass is 10.1. The fourth-order valence-corrected chi connectivity index (χ4v) is 1.85. The van der Waals surface area contributed by atoms with Gasteiger partial charge < -0.3 is 5.32 Å². The molecule has 1 aromatic carbocycles. The number of nitrogens with one attached hydrogen (secondary N) is 1. The largest absolute Gasteiger partial charge is 0.370 e. The summed E-state index contributed by atoms with van der Waals surface area (Å²) >= 11 is 0. The van der Waals surface area contributed by atoms with Crippen LogP contribution >= 0.6 is 0 Å². The van der Waals surface area contributed by atoms with E-state index in [1.54, 1.807) is 0 Å². The number of benzene rings is 1. The summed E-state index contributed by atoms with van der Waals surface area (Å²) in [6.07, 6.45) is 0. The Morgan fingerprint density at radius 3 is 2.44 bits per heavy atom. The molecule has 18 heavy (non-hydrogen) atoms. The van der Waals surface area contributed by atoms with Crippen LogP contribution in [-0.4, -0.2) is 16.5 Å². The van der Waals surface area contributed by atoms with E-state index in [2.05, 4.69) is 54.3 Å². The molecule has 0 aliphatic carbocycles. The first-order chi connectivity index (χ1) is 8.60. The van der Waals surface area contributed by atoms with Crippen LogP contribution in [0.4, 0.5) is 5.82 Å². The fraction of sp³-hybridized carbons (Fsp3) is 0.333. The monoisotopic (exact) mass is 241 g/mol. The van der Waals surface area contributed by atoms with Crippen LogP contribution in [0.3, 0.4) is 0 Å². The molecule has 94 valence electrons. The van der Waals surface area contributed by atoms with Crippen molar-refractivity contribution < 1.29 is 0 Å². The zero-order chi connectivity index (χ0) is 13.1. The summed E-state index contributed by atoms with van der Waals surface area (Å²) in [4.78, 5) is 9.05. The van der Waals surface area contributed by atoms with E-state index >= 15 is 0 Å². The molecule has 1 heterocycles. The molecular formula is C15H19N3. The smallest absolute Gasteiger partial charge is 0.161 e. The molecule has 0 radical (unpaired) electrons. The second kappa shape index (κ2) is 5.17. The van der Waals surface area contributed by atoms with Gasteiger partial charge in [0.05, 0.1) is 0 Å². The molecule has 0 bridgehead atoms. The molecule has 0 spiro atoms. The molecule has 2 rings (SSSR count). The van der Waals surface area contributed by atoms with Crippen molar-refractivity contribution in [1.82, 2.24) is 9.97 Å². The number of hydrogen-bond acceptors (Lipinski definition) is 3. The number of aromatic nitrogens is 2. The first-order valence-electron chi connectivity index (χ1n) is 6.27. The van der Waals surface area contributed by atoms with Crippen LogP contribution < -0.4 is 5.32 Å². The highest BCUT2D eigenvalue weighted by Crippen LogP contribution is 2.20. The lowest BCUT2D eigenvalue weighted by molar-refractivity contribution is 1.08. The summed E-state index contributed by atoms with van der Waals surface area (Å²) in [7, 11) is 0. The molecule has 0 aliphatic rings. The van der Waals surface area contributed by atoms with Crippen molar-refractivity contribution in [2.75, 3.05) is 11.9 Å². The number of aryl methyl sites for hydroxylation is 3. The maximum Gasteiger partial charge on any atom is 0.161 e. The molecule has 0 fully saturated rings. The number of nitrogens with zero attached hydrogens (tertiary/aromatic N) is 2. The summed E-state index contributed by atoms with van der Waals surface area (Å²) < 4.78 is 0. The fourth-order valence-electron chi connectivity index (χ4n) is 1.85. The van der Waals surface area contributed by atoms with Crippen LogP contribution in [0, 0.1) is 20.8 Å². The molecule has 0 saturated carbocycles. The van der Waals surface area contributed by atoms with Gasteiger partial charge in [-0.2, -0.15) is 0 Å². The zero-order valence-electron chi connectivity index (χ0n) is 11.4. The minimum absolute atomic E-state index is 0.786. The summed E-state index contributed by atoms with van der Waals surface area (Å²) in [5, 5.41) is 3.23. The molecule has 0 atom stereocenters. The highest BCUT2D eigenvalue weighted by molar-refractivity contribution is 5.59. The first-order valence-corrected chi connectivity index (χ1v) is 6.27. The zero-order valence-corrected chi connectivity index (χ0v) is 11.4. The number of hydrogen-bond donors (Lipinski definition) is 1. The molecule has 2 aromatic rings. The van der Waals surface area contributed by atoms with E-state index in [1.807, 2.05) is 13.0 Å². The average molecular weight is 241 g/mol. The third-order valence-electron chi connectivity index (χ3n) is 2.98. The standard InChI is InChI=1S/C15H19N3/c1-5-16-14-9-12(4)17-15(18-14)13-7-6-10(2)11(3)8-13/h6-9H,5H2,1-4H3,(H,16,17,18). The molecule has 1 aromatic heterocycles. The van der Waals surface area contributed by atoms with E-state index in [1.165, 1.54) is 11.1 Å². The Balaban J connectivity index is 2.46. The predicted octanol–water partition coefficient (Wildman–Crippen LogP) is 3.50. The van der Waals surface area contributed by atoms with E-state index in [0.29, 0.717) is 0 Å². The van der Waals surface area contributed by atoms with Gasteiger partial charge in [0, 0.05) is 23.9 Å². The van der Waals surface area contributed by atoms with E-state index in [0.717, 1.165) is 29.4 Å². The molecule has 1 N–H and O–H groups in total. The summed E-state index contributed by atoms with van der Waals surface area (Å²) in [5.74, 6) is 1.67. The minimum atomic E-state index is 0.786. The highest BCUT2D eigenvalue weighted by Gasteiger charge is 2.05. The van der Waals surface area contributed by atoms with E-state index in [-0.39, 0.29) is 0 Å². The molecule has 0 saturated heterocycles. The second-order valence-electron chi connectivity index (χ2n) is 4.55. The van der Waals surface area contributed by atoms with Crippen LogP contribution in [0.15, 0.2) is 24.3 Å². The minimum Gasteiger partial charge on any atom is -0.370 e. The van der Waals surface area contributed by atoms with Crippen LogP contribution in [-0.2, 0) is 0 Å². The Morgan fingerprint density at radius 2 is 1.78 bits per heavy atom. The third-order valence-corrected chi connectivity index (χ3v) is 2.98. The van der Waals surface area contributed by atoms with Crippen LogP contribution in [0.1, 0.15) is 23.7 Å². The van der Waals surface area contributed by atoms with Crippen molar-refractivity contribution in [3.63, 3.8) is 0 Å². The molecule has 3 heteroatoms. The first kappa shape index (κ1) is 12.6. The second-order valence-corrected chi connectivity index (χ2v) is 4.55. The van der Waals surface area contributed by atoms with E-state index < -0.39 is 0 Å². The summed E-state index contributed by atoms with van der Waals surface area (Å²) in [6, 6.07) is 8.30. The molecule has 3 nitrogen and oxygen atoms in total. The van der Waals surface area contributed by atoms with Crippen molar-refractivity contribution in [1.29, 1.82) is 0 Å². The van der Waals surface area contributed by atoms with Gasteiger partial charge in [-0.15, -0.1) is 0 Å². The summed E-state index contributed by atoms with van der Waals surface area (Å²) in [6.45, 7) is 9.14. The van der Waals surface area contributed by atoms with E-state index in [4.69, 9.17) is 0 Å². The molecule has 0 amide bonds. The van der Waals surface area contributed by atoms with Gasteiger partial charge >= 0.3 is 0 Å². The Kier molecular flexibility index (Phi) is 3.60. The van der Waals surface area contributed by atoms with Gasteiger partial charge in [0.1, 0.15) is 5.82 Å². The number of anilines is 1. The Morgan fingerprint density at radius 1 is 1.00 bits per heavy atom. The van der Waals surface area contributed by atoms with Crippen molar-refractivity contribution in [2.45, 2.75) is 27.7 Å². The maximum absolute atomic E-state index is 4.54. The van der Waals surface area contributed by atoms with Gasteiger partial charge in [0.25, 0.3) is 0 Å². The van der Waals surface area contributed by atoms with Gasteiger partial charge in [0.15, 0.2) is 5.82 Å². The van der Waals surface area contributed by atoms with Crippen molar-refractivity contribution in [3.05, 3.63) is 41.1 Å². The Hall–Kier alpha value is -1.90. The van der Waals surface area contributed by atoms with Gasteiger partial charge in [-0.1, -0.05) is 12.1 Å². The highest BCUT2D eigenvalue weighted by atomic mass is 15.0. The van der Waals surface area contributed by atoms with E-state index in [9.17, 15) is 0 Å². The lowest BCUT2D eigenvalue weighted by Crippen LogP contribution is -2.02. The number of rotatable bonds is 3. The SMILES string of the molecule is CCNc1cc(C)nc(-c2ccc(C)c(C)c2)n1. The Labute approximate surface area is 108 Å². The average Bonchev–Trinajstić information content (AvgIpc) is 2.32. The lowest BCUT2D eigenvalue weighted by Gasteiger charge is -2.08. The maximum atomic E-state index is 4.54. The van der Waals surface area contributed by atoms with Crippen molar-refractivity contribution in [2.24, 2.45) is 0 Å². The quantitative estimate of drug-likeness (QED) is 0.893. The molecular weight excluding hydrogens is 222 g/mol. The van der Waals surface area contributed by atoms with Gasteiger partial charge in [-0.25, -0.2) is 9.97 Å². The van der Waals surface area contributed by atoms with Crippen LogP contribution in [0.5, 0.6) is 0 Å². The third kappa shape index (κ3) is 2.67. The van der Waals surface area contributed by atoms with Gasteiger partial charge in [0.2, 0.25) is 0 Å². The normalized spacial score (nSPS) is 10.4. The summed E-state index contributed by atoms with van der Waals surface area (Å²) in [5.41, 5.74) is 4.61. The molecule has 0 aliphatic heterocycles. The predicted molar refractivity (Wildman–Crippen MR) is 75.8 cm³/mol. The van der Waals surface area contributed by atoms with Crippen molar-refractivity contribution in [3.8, 4) is 11.4 Å². The van der Waals surface area contributed by atoms with Crippen LogP contribution in [0.25, 0.3) is 11.4 Å². The van der Waals surface area contributed by atoms with Gasteiger partial charge in [-0.3, -0.25) is 0 Å². The topological polar surface area (TPSA) is 37.8 Å². The molecule has 0 unspecified atom stereocenters.